The van der Waals surface area contributed by atoms with Gasteiger partial charge >= 0.3 is 0 Å². The molecule has 0 amide bonds. The molecular formula is C10H20N2. The Bertz CT molecular complexity index is 124. The molecular weight excluding hydrogens is 148 g/mol. The third-order valence-corrected chi connectivity index (χ3v) is 3.14. The van der Waals surface area contributed by atoms with E-state index in [1.54, 1.807) is 0 Å². The third-order valence-electron chi connectivity index (χ3n) is 3.14. The van der Waals surface area contributed by atoms with Gasteiger partial charge in [-0.3, -0.25) is 0 Å². The minimum absolute atomic E-state index is 0.771. The minimum Gasteiger partial charge on any atom is -0.315 e. The SMILES string of the molecule is C1CCC(N[C@@H]2CCNC2)CC1. The summed E-state index contributed by atoms with van der Waals surface area (Å²) >= 11 is 0. The molecule has 0 spiro atoms. The maximum Gasteiger partial charge on any atom is 0.0207 e. The van der Waals surface area contributed by atoms with E-state index >= 15 is 0 Å². The highest BCUT2D eigenvalue weighted by atomic mass is 15.0. The molecule has 0 aromatic rings. The normalized spacial score (nSPS) is 32.5. The Hall–Kier alpha value is -0.0800. The van der Waals surface area contributed by atoms with Gasteiger partial charge in [0.1, 0.15) is 0 Å². The van der Waals surface area contributed by atoms with Crippen LogP contribution >= 0.6 is 0 Å². The van der Waals surface area contributed by atoms with E-state index in [-0.39, 0.29) is 0 Å². The van der Waals surface area contributed by atoms with Crippen molar-refractivity contribution in [3.63, 3.8) is 0 Å². The van der Waals surface area contributed by atoms with Crippen LogP contribution in [0.15, 0.2) is 0 Å². The Morgan fingerprint density at radius 2 is 1.75 bits per heavy atom. The molecule has 0 bridgehead atoms. The van der Waals surface area contributed by atoms with Crippen LogP contribution in [-0.4, -0.2) is 25.2 Å². The first-order chi connectivity index (χ1) is 5.95. The molecule has 2 N–H and O–H groups in total. The van der Waals surface area contributed by atoms with Gasteiger partial charge in [-0.25, -0.2) is 0 Å². The quantitative estimate of drug-likeness (QED) is 0.649. The number of hydrogen-bond acceptors (Lipinski definition) is 2. The predicted octanol–water partition coefficient (Wildman–Crippen LogP) is 1.27. The first-order valence-corrected chi connectivity index (χ1v) is 5.42. The second-order valence-corrected chi connectivity index (χ2v) is 4.19. The molecule has 0 aromatic carbocycles. The monoisotopic (exact) mass is 168 g/mol. The Balaban J connectivity index is 1.69. The van der Waals surface area contributed by atoms with Crippen molar-refractivity contribution in [3.05, 3.63) is 0 Å². The zero-order valence-electron chi connectivity index (χ0n) is 7.81. The van der Waals surface area contributed by atoms with E-state index in [1.165, 1.54) is 51.6 Å². The van der Waals surface area contributed by atoms with Gasteiger partial charge in [-0.1, -0.05) is 19.3 Å². The van der Waals surface area contributed by atoms with Crippen LogP contribution in [0.2, 0.25) is 0 Å². The topological polar surface area (TPSA) is 24.1 Å². The predicted molar refractivity (Wildman–Crippen MR) is 51.3 cm³/mol. The lowest BCUT2D eigenvalue weighted by Crippen LogP contribution is -2.40. The summed E-state index contributed by atoms with van der Waals surface area (Å²) in [5.41, 5.74) is 0. The van der Waals surface area contributed by atoms with Crippen molar-refractivity contribution in [2.45, 2.75) is 50.6 Å². The second-order valence-electron chi connectivity index (χ2n) is 4.19. The molecule has 1 heterocycles. The Labute approximate surface area is 75.1 Å². The molecule has 1 aliphatic heterocycles. The highest BCUT2D eigenvalue weighted by molar-refractivity contribution is 4.82. The maximum atomic E-state index is 3.76. The molecule has 0 unspecified atom stereocenters. The van der Waals surface area contributed by atoms with E-state index < -0.39 is 0 Å². The van der Waals surface area contributed by atoms with Crippen molar-refractivity contribution in [3.8, 4) is 0 Å². The molecule has 2 heteroatoms. The Morgan fingerprint density at radius 3 is 2.42 bits per heavy atom. The summed E-state index contributed by atoms with van der Waals surface area (Å²) in [5, 5.41) is 7.15. The lowest BCUT2D eigenvalue weighted by Gasteiger charge is -2.25. The van der Waals surface area contributed by atoms with Gasteiger partial charge in [-0.05, 0) is 25.8 Å². The van der Waals surface area contributed by atoms with Gasteiger partial charge < -0.3 is 10.6 Å². The average Bonchev–Trinajstić information content (AvgIpc) is 2.59. The molecule has 2 fully saturated rings. The molecule has 1 aliphatic carbocycles. The van der Waals surface area contributed by atoms with Crippen molar-refractivity contribution in [2.24, 2.45) is 0 Å². The fourth-order valence-corrected chi connectivity index (χ4v) is 2.40. The van der Waals surface area contributed by atoms with Gasteiger partial charge in [0.15, 0.2) is 0 Å². The molecule has 2 nitrogen and oxygen atoms in total. The van der Waals surface area contributed by atoms with Crippen molar-refractivity contribution < 1.29 is 0 Å². The van der Waals surface area contributed by atoms with Gasteiger partial charge in [0.05, 0.1) is 0 Å². The average molecular weight is 168 g/mol. The van der Waals surface area contributed by atoms with Crippen LogP contribution < -0.4 is 10.6 Å². The number of nitrogens with one attached hydrogen (secondary N) is 2. The van der Waals surface area contributed by atoms with E-state index in [2.05, 4.69) is 10.6 Å². The lowest BCUT2D eigenvalue weighted by molar-refractivity contribution is 0.343. The fourth-order valence-electron chi connectivity index (χ4n) is 2.40. The van der Waals surface area contributed by atoms with E-state index in [1.807, 2.05) is 0 Å². The molecule has 0 radical (unpaired) electrons. The standard InChI is InChI=1S/C10H20N2/c1-2-4-9(5-3-1)12-10-6-7-11-8-10/h9-12H,1-8H2/t10-/m1/s1. The van der Waals surface area contributed by atoms with Crippen LogP contribution in [0.25, 0.3) is 0 Å². The summed E-state index contributed by atoms with van der Waals surface area (Å²) in [6.45, 7) is 2.40. The molecule has 70 valence electrons. The molecule has 1 saturated heterocycles. The zero-order chi connectivity index (χ0) is 8.23. The highest BCUT2D eigenvalue weighted by Crippen LogP contribution is 2.18. The summed E-state index contributed by atoms with van der Waals surface area (Å²) in [5.74, 6) is 0. The second kappa shape index (κ2) is 4.24. The lowest BCUT2D eigenvalue weighted by atomic mass is 9.95. The zero-order valence-corrected chi connectivity index (χ0v) is 7.81. The highest BCUT2D eigenvalue weighted by Gasteiger charge is 2.19. The third kappa shape index (κ3) is 2.20. The largest absolute Gasteiger partial charge is 0.315 e. The van der Waals surface area contributed by atoms with Crippen LogP contribution in [0.4, 0.5) is 0 Å². The van der Waals surface area contributed by atoms with Gasteiger partial charge in [0.2, 0.25) is 0 Å². The van der Waals surface area contributed by atoms with Gasteiger partial charge in [0.25, 0.3) is 0 Å². The van der Waals surface area contributed by atoms with Gasteiger partial charge in [-0.15, -0.1) is 0 Å². The smallest absolute Gasteiger partial charge is 0.0207 e. The number of hydrogen-bond donors (Lipinski definition) is 2. The van der Waals surface area contributed by atoms with Crippen molar-refractivity contribution >= 4 is 0 Å². The molecule has 2 aliphatic rings. The summed E-state index contributed by atoms with van der Waals surface area (Å²) in [6.07, 6.45) is 8.50. The fraction of sp³-hybridized carbons (Fsp3) is 1.00. The first-order valence-electron chi connectivity index (χ1n) is 5.42. The van der Waals surface area contributed by atoms with E-state index in [4.69, 9.17) is 0 Å². The van der Waals surface area contributed by atoms with Crippen molar-refractivity contribution in [1.29, 1.82) is 0 Å². The maximum absolute atomic E-state index is 3.76. The molecule has 12 heavy (non-hydrogen) atoms. The summed E-state index contributed by atoms with van der Waals surface area (Å²) < 4.78 is 0. The molecule has 0 aromatic heterocycles. The van der Waals surface area contributed by atoms with Crippen LogP contribution in [0, 0.1) is 0 Å². The van der Waals surface area contributed by atoms with E-state index in [0.29, 0.717) is 0 Å². The van der Waals surface area contributed by atoms with Crippen molar-refractivity contribution in [1.82, 2.24) is 10.6 Å². The summed E-state index contributed by atoms with van der Waals surface area (Å²) in [7, 11) is 0. The summed E-state index contributed by atoms with van der Waals surface area (Å²) in [4.78, 5) is 0. The minimum atomic E-state index is 0.771. The molecule has 1 saturated carbocycles. The van der Waals surface area contributed by atoms with Crippen LogP contribution in [-0.2, 0) is 0 Å². The van der Waals surface area contributed by atoms with Gasteiger partial charge in [0, 0.05) is 18.6 Å². The van der Waals surface area contributed by atoms with Gasteiger partial charge in [-0.2, -0.15) is 0 Å². The van der Waals surface area contributed by atoms with Crippen LogP contribution in [0.5, 0.6) is 0 Å². The van der Waals surface area contributed by atoms with Crippen LogP contribution in [0.1, 0.15) is 38.5 Å². The number of rotatable bonds is 2. The van der Waals surface area contributed by atoms with E-state index in [9.17, 15) is 0 Å². The van der Waals surface area contributed by atoms with Crippen molar-refractivity contribution in [2.75, 3.05) is 13.1 Å². The summed E-state index contributed by atoms with van der Waals surface area (Å²) in [6, 6.07) is 1.61. The molecule has 1 atom stereocenters. The Morgan fingerprint density at radius 1 is 0.917 bits per heavy atom. The molecule has 2 rings (SSSR count). The van der Waals surface area contributed by atoms with E-state index in [0.717, 1.165) is 12.1 Å². The first kappa shape index (κ1) is 8.52. The van der Waals surface area contributed by atoms with Crippen LogP contribution in [0.3, 0.4) is 0 Å². The Kier molecular flexibility index (Phi) is 3.01.